The molecule has 6 nitrogen and oxygen atoms in total. The fourth-order valence-corrected chi connectivity index (χ4v) is 4.35. The van der Waals surface area contributed by atoms with Crippen LogP contribution in [0, 0.1) is 0 Å². The predicted octanol–water partition coefficient (Wildman–Crippen LogP) is 6.33. The highest BCUT2D eigenvalue weighted by Crippen LogP contribution is 2.23. The second-order valence-electron chi connectivity index (χ2n) is 8.72. The third-order valence-corrected chi connectivity index (χ3v) is 6.35. The molecule has 1 aromatic heterocycles. The van der Waals surface area contributed by atoms with Crippen molar-refractivity contribution in [3.8, 4) is 23.0 Å². The zero-order valence-corrected chi connectivity index (χ0v) is 21.6. The zero-order chi connectivity index (χ0) is 24.2. The van der Waals surface area contributed by atoms with Crippen molar-refractivity contribution in [1.29, 1.82) is 0 Å². The standard InChI is InChI=1S/C27H37N3O3S/c1-21(2)30(22(3)4)16-8-9-17-31-25-14-12-23(13-15-25)27-29-28-26(33-27)20-34-19-18-32-24-10-6-5-7-11-24/h5-7,10-15,21-22H,8-9,16-20H2,1-4H3. The van der Waals surface area contributed by atoms with Crippen molar-refractivity contribution < 1.29 is 13.9 Å². The first-order valence-corrected chi connectivity index (χ1v) is 13.3. The van der Waals surface area contributed by atoms with Crippen molar-refractivity contribution >= 4 is 11.8 Å². The van der Waals surface area contributed by atoms with Crippen LogP contribution in [0.4, 0.5) is 0 Å². The molecule has 0 unspecified atom stereocenters. The Morgan fingerprint density at radius 2 is 1.50 bits per heavy atom. The normalized spacial score (nSPS) is 11.5. The Hall–Kier alpha value is -2.51. The lowest BCUT2D eigenvalue weighted by molar-refractivity contribution is 0.167. The molecule has 7 heteroatoms. The smallest absolute Gasteiger partial charge is 0.247 e. The summed E-state index contributed by atoms with van der Waals surface area (Å²) in [6, 6.07) is 18.8. The van der Waals surface area contributed by atoms with Gasteiger partial charge in [-0.2, -0.15) is 0 Å². The highest BCUT2D eigenvalue weighted by atomic mass is 32.2. The van der Waals surface area contributed by atoms with Gasteiger partial charge in [0, 0.05) is 23.4 Å². The molecule has 0 aliphatic carbocycles. The van der Waals surface area contributed by atoms with Gasteiger partial charge in [0.15, 0.2) is 0 Å². The largest absolute Gasteiger partial charge is 0.494 e. The third kappa shape index (κ3) is 8.69. The Morgan fingerprint density at radius 3 is 2.21 bits per heavy atom. The Balaban J connectivity index is 1.34. The molecular weight excluding hydrogens is 446 g/mol. The molecule has 0 N–H and O–H groups in total. The second kappa shape index (κ2) is 14.0. The number of unbranched alkanes of at least 4 members (excludes halogenated alkanes) is 1. The molecular formula is C27H37N3O3S. The van der Waals surface area contributed by atoms with E-state index in [1.807, 2.05) is 54.6 Å². The molecule has 3 rings (SSSR count). The number of rotatable bonds is 15. The minimum Gasteiger partial charge on any atom is -0.494 e. The fourth-order valence-electron chi connectivity index (χ4n) is 3.72. The summed E-state index contributed by atoms with van der Waals surface area (Å²) in [6.45, 7) is 11.5. The van der Waals surface area contributed by atoms with Gasteiger partial charge in [0.1, 0.15) is 11.5 Å². The van der Waals surface area contributed by atoms with Gasteiger partial charge in [-0.3, -0.25) is 4.90 Å². The van der Waals surface area contributed by atoms with Crippen LogP contribution in [-0.2, 0) is 5.75 Å². The van der Waals surface area contributed by atoms with E-state index < -0.39 is 0 Å². The van der Waals surface area contributed by atoms with Gasteiger partial charge in [-0.05, 0) is 83.5 Å². The van der Waals surface area contributed by atoms with E-state index in [0.29, 0.717) is 36.2 Å². The lowest BCUT2D eigenvalue weighted by Gasteiger charge is -2.30. The van der Waals surface area contributed by atoms with Gasteiger partial charge in [0.2, 0.25) is 11.8 Å². The SMILES string of the molecule is CC(C)N(CCCCOc1ccc(-c2nnc(CSCCOc3ccccc3)o2)cc1)C(C)C. The van der Waals surface area contributed by atoms with Crippen LogP contribution in [0.5, 0.6) is 11.5 Å². The van der Waals surface area contributed by atoms with E-state index in [9.17, 15) is 0 Å². The van der Waals surface area contributed by atoms with Crippen molar-refractivity contribution in [2.24, 2.45) is 0 Å². The molecule has 0 atom stereocenters. The van der Waals surface area contributed by atoms with Crippen LogP contribution in [0.1, 0.15) is 46.4 Å². The molecule has 0 aliphatic heterocycles. The number of aromatic nitrogens is 2. The first-order valence-electron chi connectivity index (χ1n) is 12.1. The average molecular weight is 484 g/mol. The van der Waals surface area contributed by atoms with Gasteiger partial charge >= 0.3 is 0 Å². The van der Waals surface area contributed by atoms with Gasteiger partial charge in [-0.15, -0.1) is 22.0 Å². The van der Waals surface area contributed by atoms with E-state index in [1.54, 1.807) is 11.8 Å². The molecule has 0 amide bonds. The van der Waals surface area contributed by atoms with E-state index >= 15 is 0 Å². The fraction of sp³-hybridized carbons (Fsp3) is 0.481. The van der Waals surface area contributed by atoms with Crippen molar-refractivity contribution in [3.05, 3.63) is 60.5 Å². The molecule has 2 aromatic carbocycles. The predicted molar refractivity (Wildman–Crippen MR) is 140 cm³/mol. The van der Waals surface area contributed by atoms with Gasteiger partial charge < -0.3 is 13.9 Å². The minimum absolute atomic E-state index is 0.533. The number of benzene rings is 2. The maximum Gasteiger partial charge on any atom is 0.247 e. The first kappa shape index (κ1) is 26.1. The summed E-state index contributed by atoms with van der Waals surface area (Å²) in [6.07, 6.45) is 2.17. The van der Waals surface area contributed by atoms with Gasteiger partial charge in [-0.25, -0.2) is 0 Å². The molecule has 0 saturated carbocycles. The van der Waals surface area contributed by atoms with Crippen molar-refractivity contribution in [1.82, 2.24) is 15.1 Å². The zero-order valence-electron chi connectivity index (χ0n) is 20.8. The van der Waals surface area contributed by atoms with Crippen LogP contribution in [0.15, 0.2) is 59.0 Å². The Labute approximate surface area is 208 Å². The van der Waals surface area contributed by atoms with E-state index in [1.165, 1.54) is 0 Å². The van der Waals surface area contributed by atoms with Crippen molar-refractivity contribution in [3.63, 3.8) is 0 Å². The van der Waals surface area contributed by atoms with Gasteiger partial charge in [-0.1, -0.05) is 18.2 Å². The molecule has 0 fully saturated rings. The summed E-state index contributed by atoms with van der Waals surface area (Å²) in [5, 5.41) is 8.35. The number of hydrogen-bond donors (Lipinski definition) is 0. The molecule has 34 heavy (non-hydrogen) atoms. The topological polar surface area (TPSA) is 60.6 Å². The number of ether oxygens (including phenoxy) is 2. The van der Waals surface area contributed by atoms with Crippen LogP contribution in [0.3, 0.4) is 0 Å². The summed E-state index contributed by atoms with van der Waals surface area (Å²) in [4.78, 5) is 2.52. The average Bonchev–Trinajstić information content (AvgIpc) is 3.30. The minimum atomic E-state index is 0.533. The number of para-hydroxylation sites is 1. The molecule has 184 valence electrons. The highest BCUT2D eigenvalue weighted by molar-refractivity contribution is 7.98. The second-order valence-corrected chi connectivity index (χ2v) is 9.83. The summed E-state index contributed by atoms with van der Waals surface area (Å²) in [5.41, 5.74) is 0.896. The monoisotopic (exact) mass is 483 g/mol. The first-order chi connectivity index (χ1) is 16.5. The quantitative estimate of drug-likeness (QED) is 0.234. The summed E-state index contributed by atoms with van der Waals surface area (Å²) < 4.78 is 17.4. The maximum absolute atomic E-state index is 5.91. The lowest BCUT2D eigenvalue weighted by Crippen LogP contribution is -2.37. The molecule has 0 aliphatic rings. The summed E-state index contributed by atoms with van der Waals surface area (Å²) in [7, 11) is 0. The molecule has 0 spiro atoms. The Kier molecular flexibility index (Phi) is 10.8. The number of nitrogens with zero attached hydrogens (tertiary/aromatic N) is 3. The van der Waals surface area contributed by atoms with E-state index in [0.717, 1.165) is 48.8 Å². The summed E-state index contributed by atoms with van der Waals surface area (Å²) in [5.74, 6) is 4.42. The van der Waals surface area contributed by atoms with E-state index in [-0.39, 0.29) is 0 Å². The molecule has 1 heterocycles. The highest BCUT2D eigenvalue weighted by Gasteiger charge is 2.12. The maximum atomic E-state index is 5.91. The van der Waals surface area contributed by atoms with Gasteiger partial charge in [0.05, 0.1) is 19.0 Å². The van der Waals surface area contributed by atoms with Crippen LogP contribution >= 0.6 is 11.8 Å². The van der Waals surface area contributed by atoms with Crippen molar-refractivity contribution in [2.75, 3.05) is 25.5 Å². The van der Waals surface area contributed by atoms with Gasteiger partial charge in [0.25, 0.3) is 0 Å². The van der Waals surface area contributed by atoms with Crippen LogP contribution in [-0.4, -0.2) is 52.7 Å². The molecule has 0 radical (unpaired) electrons. The Bertz CT molecular complexity index is 937. The van der Waals surface area contributed by atoms with Crippen LogP contribution in [0.25, 0.3) is 11.5 Å². The van der Waals surface area contributed by atoms with Crippen molar-refractivity contribution in [2.45, 2.75) is 58.4 Å². The third-order valence-electron chi connectivity index (χ3n) is 5.44. The number of hydrogen-bond acceptors (Lipinski definition) is 7. The molecule has 0 saturated heterocycles. The van der Waals surface area contributed by atoms with E-state index in [4.69, 9.17) is 13.9 Å². The molecule has 3 aromatic rings. The molecule has 0 bridgehead atoms. The summed E-state index contributed by atoms with van der Waals surface area (Å²) >= 11 is 1.71. The van der Waals surface area contributed by atoms with E-state index in [2.05, 4.69) is 42.8 Å². The Morgan fingerprint density at radius 1 is 0.824 bits per heavy atom. The van der Waals surface area contributed by atoms with Crippen LogP contribution in [0.2, 0.25) is 0 Å². The lowest BCUT2D eigenvalue weighted by atomic mass is 10.2. The van der Waals surface area contributed by atoms with Crippen LogP contribution < -0.4 is 9.47 Å². The number of thioether (sulfide) groups is 1.